The second kappa shape index (κ2) is 5.38. The van der Waals surface area contributed by atoms with Gasteiger partial charge < -0.3 is 0 Å². The molecule has 0 aromatic heterocycles. The van der Waals surface area contributed by atoms with E-state index in [1.807, 2.05) is 20.8 Å². The van der Waals surface area contributed by atoms with Crippen molar-refractivity contribution in [1.82, 2.24) is 4.72 Å². The average molecular weight is 385 g/mol. The third-order valence-corrected chi connectivity index (χ3v) is 5.66. The summed E-state index contributed by atoms with van der Waals surface area (Å²) in [4.78, 5) is 0.244. The minimum Gasteiger partial charge on any atom is -0.207 e. The third kappa shape index (κ3) is 4.05. The van der Waals surface area contributed by atoms with E-state index < -0.39 is 15.6 Å². The fraction of sp³-hybridized carbons (Fsp3) is 0.455. The maximum absolute atomic E-state index is 12.2. The van der Waals surface area contributed by atoms with E-state index in [0.717, 1.165) is 10.9 Å². The average Bonchev–Trinajstić information content (AvgIpc) is 2.20. The van der Waals surface area contributed by atoms with Gasteiger partial charge in [0.05, 0.1) is 4.90 Å². The van der Waals surface area contributed by atoms with Gasteiger partial charge in [-0.2, -0.15) is 0 Å². The van der Waals surface area contributed by atoms with Gasteiger partial charge in [-0.15, -0.1) is 0 Å². The maximum Gasteiger partial charge on any atom is 0.242 e. The first-order valence-corrected chi connectivity index (χ1v) is 8.24. The Bertz CT molecular complexity index is 512. The Labute approximate surface area is 119 Å². The van der Waals surface area contributed by atoms with Crippen molar-refractivity contribution >= 4 is 41.9 Å². The van der Waals surface area contributed by atoms with Crippen LogP contribution >= 0.6 is 31.9 Å². The Kier molecular flexibility index (Phi) is 4.80. The number of rotatable bonds is 4. The second-order valence-electron chi connectivity index (χ2n) is 4.42. The molecule has 0 radical (unpaired) electrons. The fourth-order valence-electron chi connectivity index (χ4n) is 1.17. The van der Waals surface area contributed by atoms with Gasteiger partial charge in [-0.3, -0.25) is 0 Å². The van der Waals surface area contributed by atoms with Crippen LogP contribution in [0.5, 0.6) is 0 Å². The predicted octanol–water partition coefficient (Wildman–Crippen LogP) is 3.68. The molecule has 1 aromatic carbocycles. The van der Waals surface area contributed by atoms with Crippen LogP contribution in [0, 0.1) is 0 Å². The Morgan fingerprint density at radius 2 is 1.88 bits per heavy atom. The summed E-state index contributed by atoms with van der Waals surface area (Å²) < 4.78 is 28.4. The number of hydrogen-bond donors (Lipinski definition) is 1. The zero-order valence-corrected chi connectivity index (χ0v) is 13.9. The molecule has 1 N–H and O–H groups in total. The number of sulfonamides is 1. The van der Waals surface area contributed by atoms with E-state index in [0.29, 0.717) is 4.47 Å². The highest BCUT2D eigenvalue weighted by atomic mass is 79.9. The molecule has 0 aliphatic heterocycles. The van der Waals surface area contributed by atoms with Gasteiger partial charge in [-0.25, -0.2) is 13.1 Å². The molecule has 0 bridgehead atoms. The predicted molar refractivity (Wildman–Crippen MR) is 76.5 cm³/mol. The van der Waals surface area contributed by atoms with E-state index in [4.69, 9.17) is 0 Å². The Balaban J connectivity index is 3.18. The summed E-state index contributed by atoms with van der Waals surface area (Å²) in [6, 6.07) is 5.07. The highest BCUT2D eigenvalue weighted by molar-refractivity contribution is 9.11. The van der Waals surface area contributed by atoms with Crippen molar-refractivity contribution in [1.29, 1.82) is 0 Å². The lowest BCUT2D eigenvalue weighted by Crippen LogP contribution is -2.42. The van der Waals surface area contributed by atoms with Gasteiger partial charge in [0, 0.05) is 14.5 Å². The highest BCUT2D eigenvalue weighted by Gasteiger charge is 2.26. The number of nitrogens with one attached hydrogen (secondary N) is 1. The Morgan fingerprint density at radius 3 is 2.41 bits per heavy atom. The zero-order valence-electron chi connectivity index (χ0n) is 9.92. The molecule has 0 atom stereocenters. The summed E-state index contributed by atoms with van der Waals surface area (Å²) in [6.45, 7) is 5.66. The van der Waals surface area contributed by atoms with Crippen LogP contribution in [0.2, 0.25) is 0 Å². The van der Waals surface area contributed by atoms with Crippen molar-refractivity contribution in [2.24, 2.45) is 0 Å². The Hall–Kier alpha value is 0.0900. The summed E-state index contributed by atoms with van der Waals surface area (Å²) in [6.07, 6.45) is 0.720. The monoisotopic (exact) mass is 383 g/mol. The van der Waals surface area contributed by atoms with Crippen molar-refractivity contribution in [3.8, 4) is 0 Å². The van der Waals surface area contributed by atoms with Crippen LogP contribution < -0.4 is 4.72 Å². The molecule has 0 aliphatic carbocycles. The SMILES string of the molecule is CCC(C)(C)NS(=O)(=O)c1cc(Br)ccc1Br. The molecule has 3 nitrogen and oxygen atoms in total. The lowest BCUT2D eigenvalue weighted by Gasteiger charge is -2.24. The van der Waals surface area contributed by atoms with Crippen LogP contribution in [0.3, 0.4) is 0 Å². The normalized spacial score (nSPS) is 12.8. The van der Waals surface area contributed by atoms with Crippen molar-refractivity contribution in [3.05, 3.63) is 27.1 Å². The molecule has 0 amide bonds. The molecule has 6 heteroatoms. The first-order chi connectivity index (χ1) is 7.68. The fourth-order valence-corrected chi connectivity index (χ4v) is 4.16. The topological polar surface area (TPSA) is 46.2 Å². The number of benzene rings is 1. The standard InChI is InChI=1S/C11H15Br2NO2S/c1-4-11(2,3)14-17(15,16)10-7-8(12)5-6-9(10)13/h5-7,14H,4H2,1-3H3. The summed E-state index contributed by atoms with van der Waals surface area (Å²) in [5.74, 6) is 0. The molecule has 0 unspecified atom stereocenters. The van der Waals surface area contributed by atoms with Gasteiger partial charge in [0.1, 0.15) is 0 Å². The van der Waals surface area contributed by atoms with Crippen molar-refractivity contribution in [2.75, 3.05) is 0 Å². The first-order valence-electron chi connectivity index (χ1n) is 5.17. The quantitative estimate of drug-likeness (QED) is 0.860. The first kappa shape index (κ1) is 15.1. The Morgan fingerprint density at radius 1 is 1.29 bits per heavy atom. The van der Waals surface area contributed by atoms with Crippen LogP contribution in [0.4, 0.5) is 0 Å². The molecule has 0 saturated carbocycles. The van der Waals surface area contributed by atoms with E-state index in [1.165, 1.54) is 0 Å². The van der Waals surface area contributed by atoms with E-state index in [1.54, 1.807) is 18.2 Å². The lowest BCUT2D eigenvalue weighted by molar-refractivity contribution is 0.439. The smallest absolute Gasteiger partial charge is 0.207 e. The lowest BCUT2D eigenvalue weighted by atomic mass is 10.0. The van der Waals surface area contributed by atoms with Crippen LogP contribution in [-0.2, 0) is 10.0 Å². The number of halogens is 2. The van der Waals surface area contributed by atoms with Crippen molar-refractivity contribution in [3.63, 3.8) is 0 Å². The largest absolute Gasteiger partial charge is 0.242 e. The van der Waals surface area contributed by atoms with E-state index in [2.05, 4.69) is 36.6 Å². The van der Waals surface area contributed by atoms with Crippen molar-refractivity contribution in [2.45, 2.75) is 37.6 Å². The van der Waals surface area contributed by atoms with E-state index in [9.17, 15) is 8.42 Å². The second-order valence-corrected chi connectivity index (χ2v) is 7.84. The molecule has 1 aromatic rings. The minimum absolute atomic E-state index is 0.244. The van der Waals surface area contributed by atoms with Gasteiger partial charge in [-0.1, -0.05) is 22.9 Å². The molecule has 0 heterocycles. The molecule has 0 aliphatic rings. The van der Waals surface area contributed by atoms with Crippen LogP contribution in [0.25, 0.3) is 0 Å². The van der Waals surface area contributed by atoms with Gasteiger partial charge in [0.15, 0.2) is 0 Å². The molecular formula is C11H15Br2NO2S. The summed E-state index contributed by atoms with van der Waals surface area (Å²) in [5.41, 5.74) is -0.458. The minimum atomic E-state index is -3.51. The molecule has 96 valence electrons. The molecular weight excluding hydrogens is 370 g/mol. The van der Waals surface area contributed by atoms with Gasteiger partial charge in [0.25, 0.3) is 0 Å². The molecule has 0 fully saturated rings. The van der Waals surface area contributed by atoms with Gasteiger partial charge in [-0.05, 0) is 54.4 Å². The van der Waals surface area contributed by atoms with Crippen LogP contribution in [0.15, 0.2) is 32.0 Å². The molecule has 1 rings (SSSR count). The summed E-state index contributed by atoms with van der Waals surface area (Å²) >= 11 is 6.53. The molecule has 17 heavy (non-hydrogen) atoms. The van der Waals surface area contributed by atoms with Gasteiger partial charge in [0.2, 0.25) is 10.0 Å². The zero-order chi connectivity index (χ0) is 13.3. The molecule has 0 spiro atoms. The highest BCUT2D eigenvalue weighted by Crippen LogP contribution is 2.26. The number of hydrogen-bond acceptors (Lipinski definition) is 2. The van der Waals surface area contributed by atoms with Crippen molar-refractivity contribution < 1.29 is 8.42 Å². The van der Waals surface area contributed by atoms with Crippen LogP contribution in [-0.4, -0.2) is 14.0 Å². The van der Waals surface area contributed by atoms with Gasteiger partial charge >= 0.3 is 0 Å². The van der Waals surface area contributed by atoms with E-state index in [-0.39, 0.29) is 4.90 Å². The third-order valence-electron chi connectivity index (χ3n) is 2.48. The summed E-state index contributed by atoms with van der Waals surface area (Å²) in [5, 5.41) is 0. The van der Waals surface area contributed by atoms with Crippen LogP contribution in [0.1, 0.15) is 27.2 Å². The summed E-state index contributed by atoms with van der Waals surface area (Å²) in [7, 11) is -3.51. The molecule has 0 saturated heterocycles. The maximum atomic E-state index is 12.2. The van der Waals surface area contributed by atoms with E-state index >= 15 is 0 Å².